The monoisotopic (exact) mass is 360 g/mol. The maximum atomic E-state index is 6.13. The van der Waals surface area contributed by atoms with Gasteiger partial charge in [0.25, 0.3) is 0 Å². The Morgan fingerprint density at radius 2 is 1.54 bits per heavy atom. The Labute approximate surface area is 151 Å². The van der Waals surface area contributed by atoms with E-state index in [1.807, 2.05) is 16.8 Å². The van der Waals surface area contributed by atoms with Crippen LogP contribution in [0, 0.1) is 0 Å². The van der Waals surface area contributed by atoms with Crippen LogP contribution in [0.3, 0.4) is 0 Å². The first-order chi connectivity index (χ1) is 11.7. The fourth-order valence-electron chi connectivity index (χ4n) is 3.28. The van der Waals surface area contributed by atoms with E-state index >= 15 is 0 Å². The summed E-state index contributed by atoms with van der Waals surface area (Å²) in [4.78, 5) is 10.8. The number of fused-ring (bicyclic) bond motifs is 1. The Morgan fingerprint density at radius 3 is 2.25 bits per heavy atom. The second-order valence-electron chi connectivity index (χ2n) is 6.26. The fourth-order valence-corrected chi connectivity index (χ4v) is 3.71. The summed E-state index contributed by atoms with van der Waals surface area (Å²) in [6.07, 6.45) is 4.62. The lowest BCUT2D eigenvalue weighted by molar-refractivity contribution is 0.331. The number of likely N-dealkylation sites (tertiary alicyclic amines) is 1. The zero-order valence-corrected chi connectivity index (χ0v) is 14.8. The third-order valence-corrected chi connectivity index (χ3v) is 4.98. The standard InChI is InChI=1S/C18H18Cl2N4/c19-16-15-7-10-24(17(15)22-18(20)21-16)12-14-5-3-13(4-6-14)11-23-8-1-2-9-23/h3-7,10H,1-2,8-9,11-12H2. The fraction of sp³-hybridized carbons (Fsp3) is 0.333. The lowest BCUT2D eigenvalue weighted by Crippen LogP contribution is -2.18. The van der Waals surface area contributed by atoms with Gasteiger partial charge in [-0.1, -0.05) is 35.9 Å². The molecule has 0 aliphatic carbocycles. The summed E-state index contributed by atoms with van der Waals surface area (Å²) in [6.45, 7) is 4.22. The third-order valence-electron chi connectivity index (χ3n) is 4.53. The quantitative estimate of drug-likeness (QED) is 0.511. The van der Waals surface area contributed by atoms with Gasteiger partial charge in [-0.05, 0) is 54.7 Å². The molecule has 3 heterocycles. The van der Waals surface area contributed by atoms with Crippen molar-refractivity contribution in [2.45, 2.75) is 25.9 Å². The molecule has 2 aromatic heterocycles. The molecule has 124 valence electrons. The van der Waals surface area contributed by atoms with Crippen molar-refractivity contribution in [3.05, 3.63) is 58.1 Å². The summed E-state index contributed by atoms with van der Waals surface area (Å²) in [5.74, 6) is 0. The molecule has 0 spiro atoms. The summed E-state index contributed by atoms with van der Waals surface area (Å²) < 4.78 is 2.05. The topological polar surface area (TPSA) is 34.0 Å². The minimum atomic E-state index is 0.174. The van der Waals surface area contributed by atoms with Crippen LogP contribution in [0.15, 0.2) is 36.5 Å². The Bertz CT molecular complexity index is 851. The van der Waals surface area contributed by atoms with E-state index in [2.05, 4.69) is 39.1 Å². The Hall–Kier alpha value is -1.62. The predicted molar refractivity (Wildman–Crippen MR) is 97.6 cm³/mol. The second-order valence-corrected chi connectivity index (χ2v) is 6.96. The maximum Gasteiger partial charge on any atom is 0.225 e. The highest BCUT2D eigenvalue weighted by atomic mass is 35.5. The molecule has 3 aromatic rings. The maximum absolute atomic E-state index is 6.13. The number of halogens is 2. The van der Waals surface area contributed by atoms with Crippen LogP contribution in [0.25, 0.3) is 11.0 Å². The molecular weight excluding hydrogens is 343 g/mol. The van der Waals surface area contributed by atoms with Gasteiger partial charge in [0.15, 0.2) is 0 Å². The van der Waals surface area contributed by atoms with E-state index in [9.17, 15) is 0 Å². The molecule has 0 unspecified atom stereocenters. The van der Waals surface area contributed by atoms with Gasteiger partial charge in [0.2, 0.25) is 5.28 Å². The third kappa shape index (κ3) is 3.27. The zero-order valence-electron chi connectivity index (χ0n) is 13.3. The van der Waals surface area contributed by atoms with E-state index in [1.165, 1.54) is 37.1 Å². The molecule has 0 saturated carbocycles. The van der Waals surface area contributed by atoms with Gasteiger partial charge in [-0.25, -0.2) is 4.98 Å². The van der Waals surface area contributed by atoms with Crippen LogP contribution in [-0.2, 0) is 13.1 Å². The molecule has 1 fully saturated rings. The van der Waals surface area contributed by atoms with Crippen LogP contribution in [0.4, 0.5) is 0 Å². The molecule has 0 N–H and O–H groups in total. The smallest absolute Gasteiger partial charge is 0.225 e. The lowest BCUT2D eigenvalue weighted by atomic mass is 10.1. The first-order valence-electron chi connectivity index (χ1n) is 8.17. The van der Waals surface area contributed by atoms with Gasteiger partial charge in [0.1, 0.15) is 10.8 Å². The number of aromatic nitrogens is 3. The van der Waals surface area contributed by atoms with Crippen LogP contribution in [0.1, 0.15) is 24.0 Å². The SMILES string of the molecule is Clc1nc(Cl)c2ccn(Cc3ccc(CN4CCCC4)cc3)c2n1. The van der Waals surface area contributed by atoms with E-state index in [-0.39, 0.29) is 5.28 Å². The highest BCUT2D eigenvalue weighted by Gasteiger charge is 2.12. The highest BCUT2D eigenvalue weighted by molar-refractivity contribution is 6.35. The molecule has 1 aliphatic heterocycles. The van der Waals surface area contributed by atoms with Crippen molar-refractivity contribution in [3.63, 3.8) is 0 Å². The summed E-state index contributed by atoms with van der Waals surface area (Å²) in [6, 6.07) is 10.7. The van der Waals surface area contributed by atoms with E-state index in [0.717, 1.165) is 24.1 Å². The van der Waals surface area contributed by atoms with Crippen LogP contribution in [0.5, 0.6) is 0 Å². The van der Waals surface area contributed by atoms with Crippen molar-refractivity contribution in [1.82, 2.24) is 19.4 Å². The number of nitrogens with zero attached hydrogens (tertiary/aromatic N) is 4. The predicted octanol–water partition coefficient (Wildman–Crippen LogP) is 4.38. The van der Waals surface area contributed by atoms with Gasteiger partial charge < -0.3 is 4.57 Å². The number of hydrogen-bond acceptors (Lipinski definition) is 3. The first kappa shape index (κ1) is 15.9. The van der Waals surface area contributed by atoms with Gasteiger partial charge in [0, 0.05) is 19.3 Å². The summed E-state index contributed by atoms with van der Waals surface area (Å²) in [7, 11) is 0. The lowest BCUT2D eigenvalue weighted by Gasteiger charge is -2.14. The van der Waals surface area contributed by atoms with E-state index < -0.39 is 0 Å². The average molecular weight is 361 g/mol. The number of hydrogen-bond donors (Lipinski definition) is 0. The van der Waals surface area contributed by atoms with E-state index in [0.29, 0.717) is 5.15 Å². The second kappa shape index (κ2) is 6.71. The van der Waals surface area contributed by atoms with Gasteiger partial charge >= 0.3 is 0 Å². The van der Waals surface area contributed by atoms with Crippen LogP contribution < -0.4 is 0 Å². The molecule has 0 amide bonds. The van der Waals surface area contributed by atoms with Crippen molar-refractivity contribution in [3.8, 4) is 0 Å². The van der Waals surface area contributed by atoms with Gasteiger partial charge in [-0.3, -0.25) is 4.90 Å². The van der Waals surface area contributed by atoms with Crippen molar-refractivity contribution in [2.75, 3.05) is 13.1 Å². The van der Waals surface area contributed by atoms with Crippen molar-refractivity contribution >= 4 is 34.2 Å². The molecule has 0 atom stereocenters. The Morgan fingerprint density at radius 1 is 0.875 bits per heavy atom. The van der Waals surface area contributed by atoms with Gasteiger partial charge in [0.05, 0.1) is 5.39 Å². The summed E-state index contributed by atoms with van der Waals surface area (Å²) in [5, 5.41) is 1.39. The van der Waals surface area contributed by atoms with Crippen molar-refractivity contribution in [1.29, 1.82) is 0 Å². The zero-order chi connectivity index (χ0) is 16.5. The highest BCUT2D eigenvalue weighted by Crippen LogP contribution is 2.24. The molecule has 24 heavy (non-hydrogen) atoms. The minimum absolute atomic E-state index is 0.174. The van der Waals surface area contributed by atoms with Crippen molar-refractivity contribution in [2.24, 2.45) is 0 Å². The molecule has 4 rings (SSSR count). The van der Waals surface area contributed by atoms with Crippen LogP contribution in [-0.4, -0.2) is 32.5 Å². The van der Waals surface area contributed by atoms with Crippen LogP contribution in [0.2, 0.25) is 10.4 Å². The normalized spacial score (nSPS) is 15.4. The number of benzene rings is 1. The molecule has 0 radical (unpaired) electrons. The molecule has 4 nitrogen and oxygen atoms in total. The minimum Gasteiger partial charge on any atom is -0.328 e. The van der Waals surface area contributed by atoms with Crippen LogP contribution >= 0.6 is 23.2 Å². The molecule has 1 saturated heterocycles. The van der Waals surface area contributed by atoms with E-state index in [4.69, 9.17) is 23.2 Å². The Balaban J connectivity index is 1.53. The summed E-state index contributed by atoms with van der Waals surface area (Å²) in [5.41, 5.74) is 3.36. The largest absolute Gasteiger partial charge is 0.328 e. The molecular formula is C18H18Cl2N4. The molecule has 0 bridgehead atoms. The first-order valence-corrected chi connectivity index (χ1v) is 8.93. The Kier molecular flexibility index (Phi) is 4.44. The molecule has 1 aromatic carbocycles. The van der Waals surface area contributed by atoms with E-state index in [1.54, 1.807) is 0 Å². The average Bonchev–Trinajstić information content (AvgIpc) is 3.20. The summed E-state index contributed by atoms with van der Waals surface area (Å²) >= 11 is 12.1. The van der Waals surface area contributed by atoms with Gasteiger partial charge in [-0.15, -0.1) is 0 Å². The van der Waals surface area contributed by atoms with Gasteiger partial charge in [-0.2, -0.15) is 4.98 Å². The molecule has 6 heteroatoms. The number of rotatable bonds is 4. The van der Waals surface area contributed by atoms with Crippen molar-refractivity contribution < 1.29 is 0 Å². The molecule has 1 aliphatic rings.